The number of rotatable bonds is 2. The average Bonchev–Trinajstić information content (AvgIpc) is 2.60. The van der Waals surface area contributed by atoms with Gasteiger partial charge in [0.1, 0.15) is 0 Å². The number of anilines is 3. The van der Waals surface area contributed by atoms with Gasteiger partial charge in [0.2, 0.25) is 0 Å². The molecule has 0 spiro atoms. The Hall–Kier alpha value is -1.46. The van der Waals surface area contributed by atoms with Crippen LogP contribution in [0.25, 0.3) is 0 Å². The van der Waals surface area contributed by atoms with Crippen molar-refractivity contribution in [2.24, 2.45) is 0 Å². The van der Waals surface area contributed by atoms with E-state index in [0.717, 1.165) is 5.56 Å². The molecule has 0 bridgehead atoms. The summed E-state index contributed by atoms with van der Waals surface area (Å²) in [7, 11) is 0. The molecule has 0 aliphatic rings. The van der Waals surface area contributed by atoms with Crippen LogP contribution >= 0.6 is 23.2 Å². The molecule has 0 fully saturated rings. The average molecular weight is 259 g/mol. The normalized spacial score (nSPS) is 10.4. The second-order valence-corrected chi connectivity index (χ2v) is 3.97. The van der Waals surface area contributed by atoms with E-state index in [4.69, 9.17) is 33.4 Å². The van der Waals surface area contributed by atoms with Gasteiger partial charge in [-0.15, -0.1) is 0 Å². The second kappa shape index (κ2) is 4.19. The van der Waals surface area contributed by atoms with Crippen molar-refractivity contribution in [2.75, 3.05) is 11.1 Å². The topological polar surface area (TPSA) is 77.0 Å². The number of nitrogens with one attached hydrogen (secondary N) is 1. The Balaban J connectivity index is 2.31. The second-order valence-electron chi connectivity index (χ2n) is 3.15. The molecule has 0 aliphatic carbocycles. The number of benzene rings is 1. The van der Waals surface area contributed by atoms with Gasteiger partial charge in [-0.1, -0.05) is 33.4 Å². The van der Waals surface area contributed by atoms with Crippen molar-refractivity contribution in [3.05, 3.63) is 27.7 Å². The van der Waals surface area contributed by atoms with Gasteiger partial charge in [-0.2, -0.15) is 0 Å². The lowest BCUT2D eigenvalue weighted by atomic mass is 10.2. The molecular weight excluding hydrogens is 251 g/mol. The van der Waals surface area contributed by atoms with Crippen molar-refractivity contribution in [3.8, 4) is 0 Å². The lowest BCUT2D eigenvalue weighted by molar-refractivity contribution is 0.593. The van der Waals surface area contributed by atoms with E-state index in [1.165, 1.54) is 0 Å². The quantitative estimate of drug-likeness (QED) is 0.866. The van der Waals surface area contributed by atoms with Gasteiger partial charge in [0.15, 0.2) is 0 Å². The number of nitrogens with two attached hydrogens (primary N) is 1. The molecule has 1 aromatic carbocycles. The summed E-state index contributed by atoms with van der Waals surface area (Å²) in [5, 5.41) is 11.1. The predicted molar refractivity (Wildman–Crippen MR) is 63.2 cm³/mol. The maximum Gasteiger partial charge on any atom is 0.321 e. The molecule has 84 valence electrons. The Morgan fingerprint density at radius 3 is 2.62 bits per heavy atom. The predicted octanol–water partition coefficient (Wildman–Crippen LogP) is 3.01. The smallest absolute Gasteiger partial charge is 0.321 e. The number of hydrogen-bond acceptors (Lipinski definition) is 5. The fraction of sp³-hybridized carbons (Fsp3) is 0.111. The molecule has 1 heterocycles. The van der Waals surface area contributed by atoms with E-state index in [1.807, 2.05) is 6.92 Å². The SMILES string of the molecule is Cc1cc(Cl)c(Nc2nnc(N)o2)cc1Cl. The molecular formula is C9H8Cl2N4O. The van der Waals surface area contributed by atoms with E-state index in [0.29, 0.717) is 15.7 Å². The van der Waals surface area contributed by atoms with Gasteiger partial charge < -0.3 is 15.5 Å². The third kappa shape index (κ3) is 2.20. The lowest BCUT2D eigenvalue weighted by Crippen LogP contribution is -1.92. The molecule has 0 saturated heterocycles. The zero-order valence-corrected chi connectivity index (χ0v) is 9.80. The molecule has 5 nitrogen and oxygen atoms in total. The van der Waals surface area contributed by atoms with Crippen LogP contribution in [0.15, 0.2) is 16.5 Å². The molecule has 2 rings (SSSR count). The molecule has 2 aromatic rings. The number of halogens is 2. The van der Waals surface area contributed by atoms with Crippen LogP contribution < -0.4 is 11.1 Å². The van der Waals surface area contributed by atoms with Gasteiger partial charge in [0, 0.05) is 5.02 Å². The lowest BCUT2D eigenvalue weighted by Gasteiger charge is -2.06. The Labute approximate surface area is 102 Å². The van der Waals surface area contributed by atoms with Gasteiger partial charge in [-0.25, -0.2) is 0 Å². The van der Waals surface area contributed by atoms with Gasteiger partial charge in [0.25, 0.3) is 0 Å². The van der Waals surface area contributed by atoms with E-state index < -0.39 is 0 Å². The highest BCUT2D eigenvalue weighted by atomic mass is 35.5. The Kier molecular flexibility index (Phi) is 2.89. The Bertz CT molecular complexity index is 526. The highest BCUT2D eigenvalue weighted by molar-refractivity contribution is 6.35. The van der Waals surface area contributed by atoms with Crippen LogP contribution in [0.5, 0.6) is 0 Å². The first-order valence-electron chi connectivity index (χ1n) is 4.38. The van der Waals surface area contributed by atoms with Crippen molar-refractivity contribution in [3.63, 3.8) is 0 Å². The van der Waals surface area contributed by atoms with Crippen LogP contribution in [0, 0.1) is 6.92 Å². The van der Waals surface area contributed by atoms with Crippen molar-refractivity contribution < 1.29 is 4.42 Å². The summed E-state index contributed by atoms with van der Waals surface area (Å²) in [6, 6.07) is 3.57. The van der Waals surface area contributed by atoms with E-state index in [9.17, 15) is 0 Å². The first-order valence-corrected chi connectivity index (χ1v) is 5.13. The molecule has 0 unspecified atom stereocenters. The minimum absolute atomic E-state index is 0.0168. The maximum atomic E-state index is 6.02. The zero-order valence-electron chi connectivity index (χ0n) is 8.29. The molecule has 0 saturated carbocycles. The maximum absolute atomic E-state index is 6.02. The van der Waals surface area contributed by atoms with Gasteiger partial charge in [0.05, 0.1) is 10.7 Å². The summed E-state index contributed by atoms with van der Waals surface area (Å²) >= 11 is 12.0. The van der Waals surface area contributed by atoms with E-state index in [-0.39, 0.29) is 12.0 Å². The molecule has 0 aliphatic heterocycles. The fourth-order valence-electron chi connectivity index (χ4n) is 1.14. The Morgan fingerprint density at radius 1 is 1.25 bits per heavy atom. The van der Waals surface area contributed by atoms with E-state index >= 15 is 0 Å². The highest BCUT2D eigenvalue weighted by Crippen LogP contribution is 2.30. The summed E-state index contributed by atoms with van der Waals surface area (Å²) in [5.74, 6) is 0. The minimum atomic E-state index is -0.0168. The van der Waals surface area contributed by atoms with Gasteiger partial charge in [-0.3, -0.25) is 0 Å². The standard InChI is InChI=1S/C9H8Cl2N4O/c1-4-2-6(11)7(3-5(4)10)13-9-15-14-8(12)16-9/h2-3H,1H3,(H2,12,14)(H,13,15). The van der Waals surface area contributed by atoms with Gasteiger partial charge in [-0.05, 0) is 24.6 Å². The fourth-order valence-corrected chi connectivity index (χ4v) is 1.57. The largest absolute Gasteiger partial charge is 0.389 e. The first kappa shape index (κ1) is 11.0. The molecule has 1 aromatic heterocycles. The number of aromatic nitrogens is 2. The summed E-state index contributed by atoms with van der Waals surface area (Å²) in [4.78, 5) is 0. The number of nitrogens with zero attached hydrogens (tertiary/aromatic N) is 2. The Morgan fingerprint density at radius 2 is 2.00 bits per heavy atom. The van der Waals surface area contributed by atoms with Crippen LogP contribution in [0.1, 0.15) is 5.56 Å². The third-order valence-corrected chi connectivity index (χ3v) is 2.65. The molecule has 0 atom stereocenters. The number of hydrogen-bond donors (Lipinski definition) is 2. The third-order valence-electron chi connectivity index (χ3n) is 1.93. The van der Waals surface area contributed by atoms with Crippen molar-refractivity contribution >= 4 is 40.9 Å². The van der Waals surface area contributed by atoms with Crippen LogP contribution in [0.3, 0.4) is 0 Å². The molecule has 0 amide bonds. The molecule has 3 N–H and O–H groups in total. The minimum Gasteiger partial charge on any atom is -0.389 e. The summed E-state index contributed by atoms with van der Waals surface area (Å²) in [5.41, 5.74) is 6.76. The summed E-state index contributed by atoms with van der Waals surface area (Å²) in [6.45, 7) is 1.86. The van der Waals surface area contributed by atoms with E-state index in [1.54, 1.807) is 12.1 Å². The molecule has 7 heteroatoms. The van der Waals surface area contributed by atoms with Crippen LogP contribution in [0.4, 0.5) is 17.7 Å². The van der Waals surface area contributed by atoms with Crippen LogP contribution in [-0.2, 0) is 0 Å². The van der Waals surface area contributed by atoms with Crippen LogP contribution in [-0.4, -0.2) is 10.2 Å². The van der Waals surface area contributed by atoms with Crippen LogP contribution in [0.2, 0.25) is 10.0 Å². The molecule has 16 heavy (non-hydrogen) atoms. The monoisotopic (exact) mass is 258 g/mol. The highest BCUT2D eigenvalue weighted by Gasteiger charge is 2.08. The number of aryl methyl sites for hydroxylation is 1. The summed E-state index contributed by atoms with van der Waals surface area (Å²) < 4.78 is 4.96. The van der Waals surface area contributed by atoms with Crippen molar-refractivity contribution in [1.82, 2.24) is 10.2 Å². The first-order chi connectivity index (χ1) is 7.56. The van der Waals surface area contributed by atoms with Crippen molar-refractivity contribution in [2.45, 2.75) is 6.92 Å². The van der Waals surface area contributed by atoms with E-state index in [2.05, 4.69) is 15.5 Å². The summed E-state index contributed by atoms with van der Waals surface area (Å²) in [6.07, 6.45) is 0. The van der Waals surface area contributed by atoms with Gasteiger partial charge >= 0.3 is 12.0 Å². The molecule has 0 radical (unpaired) electrons. The van der Waals surface area contributed by atoms with Crippen molar-refractivity contribution in [1.29, 1.82) is 0 Å². The zero-order chi connectivity index (χ0) is 11.7. The number of nitrogen functional groups attached to an aromatic ring is 1.